The first kappa shape index (κ1) is 13.5. The Hall–Kier alpha value is -0.940. The molecule has 2 heterocycles. The lowest BCUT2D eigenvalue weighted by atomic mass is 9.82. The third-order valence-electron chi connectivity index (χ3n) is 4.23. The molecule has 1 aromatic heterocycles. The summed E-state index contributed by atoms with van der Waals surface area (Å²) in [4.78, 5) is 0. The third kappa shape index (κ3) is 2.57. The number of nitrogens with one attached hydrogen (secondary N) is 1. The second-order valence-electron chi connectivity index (χ2n) is 5.47. The normalized spacial score (nSPS) is 33.8. The summed E-state index contributed by atoms with van der Waals surface area (Å²) in [6.07, 6.45) is 3.52. The lowest BCUT2D eigenvalue weighted by Gasteiger charge is -2.28. The van der Waals surface area contributed by atoms with E-state index in [4.69, 9.17) is 4.74 Å². The number of rotatable bonds is 4. The molecule has 0 aromatic carbocycles. The molecule has 0 radical (unpaired) electrons. The van der Waals surface area contributed by atoms with Crippen molar-refractivity contribution in [1.29, 1.82) is 0 Å². The summed E-state index contributed by atoms with van der Waals surface area (Å²) in [5.41, 5.74) is 1.04. The molecule has 102 valence electrons. The van der Waals surface area contributed by atoms with Crippen LogP contribution in [0.25, 0.3) is 0 Å². The van der Waals surface area contributed by atoms with Crippen molar-refractivity contribution in [2.24, 2.45) is 18.9 Å². The minimum Gasteiger partial charge on any atom is -0.375 e. The summed E-state index contributed by atoms with van der Waals surface area (Å²) >= 11 is 0. The average Bonchev–Trinajstić information content (AvgIpc) is 2.82. The average molecular weight is 252 g/mol. The van der Waals surface area contributed by atoms with Gasteiger partial charge in [0.05, 0.1) is 17.9 Å². The van der Waals surface area contributed by atoms with Crippen molar-refractivity contribution in [1.82, 2.24) is 20.3 Å². The molecule has 0 saturated carbocycles. The number of nitrogens with zero attached hydrogens (tertiary/aromatic N) is 3. The van der Waals surface area contributed by atoms with Gasteiger partial charge in [0.25, 0.3) is 0 Å². The van der Waals surface area contributed by atoms with Crippen molar-refractivity contribution in [3.63, 3.8) is 0 Å². The zero-order chi connectivity index (χ0) is 13.3. The number of hydrogen-bond acceptors (Lipinski definition) is 4. The maximum atomic E-state index is 5.93. The standard InChI is InChI=1S/C13H24N4O/c1-8-9(2)18-10(3)13(8)12(14-4)6-11-7-17(5)16-15-11/h7-10,12-14H,6H2,1-5H3. The van der Waals surface area contributed by atoms with Gasteiger partial charge in [0.1, 0.15) is 0 Å². The number of likely N-dealkylation sites (N-methyl/N-ethyl adjacent to an activating group) is 1. The minimum absolute atomic E-state index is 0.295. The van der Waals surface area contributed by atoms with E-state index < -0.39 is 0 Å². The Bertz CT molecular complexity index is 392. The van der Waals surface area contributed by atoms with E-state index in [9.17, 15) is 0 Å². The molecule has 18 heavy (non-hydrogen) atoms. The summed E-state index contributed by atoms with van der Waals surface area (Å²) < 4.78 is 7.68. The fourth-order valence-corrected chi connectivity index (χ4v) is 3.13. The van der Waals surface area contributed by atoms with Gasteiger partial charge in [0.15, 0.2) is 0 Å². The van der Waals surface area contributed by atoms with E-state index >= 15 is 0 Å². The molecule has 5 nitrogen and oxygen atoms in total. The SMILES string of the molecule is CNC(Cc1cn(C)nn1)C1C(C)OC(C)C1C. The molecule has 0 amide bonds. The Morgan fingerprint density at radius 3 is 2.56 bits per heavy atom. The van der Waals surface area contributed by atoms with E-state index in [-0.39, 0.29) is 0 Å². The predicted octanol–water partition coefficient (Wildman–Crippen LogP) is 1.01. The van der Waals surface area contributed by atoms with Gasteiger partial charge in [-0.2, -0.15) is 0 Å². The highest BCUT2D eigenvalue weighted by molar-refractivity contribution is 5.00. The predicted molar refractivity (Wildman–Crippen MR) is 70.2 cm³/mol. The van der Waals surface area contributed by atoms with Gasteiger partial charge in [-0.15, -0.1) is 5.10 Å². The van der Waals surface area contributed by atoms with E-state index in [1.807, 2.05) is 20.3 Å². The molecule has 1 N–H and O–H groups in total. The van der Waals surface area contributed by atoms with Gasteiger partial charge in [-0.05, 0) is 26.8 Å². The summed E-state index contributed by atoms with van der Waals surface area (Å²) in [6, 6.07) is 0.386. The van der Waals surface area contributed by atoms with Crippen LogP contribution in [-0.2, 0) is 18.2 Å². The molecule has 0 spiro atoms. The molecule has 0 aliphatic carbocycles. The lowest BCUT2D eigenvalue weighted by Crippen LogP contribution is -2.41. The highest BCUT2D eigenvalue weighted by Gasteiger charge is 2.41. The van der Waals surface area contributed by atoms with Crippen molar-refractivity contribution in [2.75, 3.05) is 7.05 Å². The highest BCUT2D eigenvalue weighted by Crippen LogP contribution is 2.35. The van der Waals surface area contributed by atoms with Crippen LogP contribution in [0, 0.1) is 11.8 Å². The van der Waals surface area contributed by atoms with Crippen molar-refractivity contribution in [3.05, 3.63) is 11.9 Å². The number of aromatic nitrogens is 3. The van der Waals surface area contributed by atoms with E-state index in [1.165, 1.54) is 0 Å². The summed E-state index contributed by atoms with van der Waals surface area (Å²) in [5, 5.41) is 11.6. The molecule has 5 atom stereocenters. The monoisotopic (exact) mass is 252 g/mol. The van der Waals surface area contributed by atoms with Gasteiger partial charge in [-0.1, -0.05) is 12.1 Å². The second kappa shape index (κ2) is 5.36. The molecule has 5 heteroatoms. The molecule has 5 unspecified atom stereocenters. The lowest BCUT2D eigenvalue weighted by molar-refractivity contribution is 0.0478. The van der Waals surface area contributed by atoms with Crippen LogP contribution in [0.3, 0.4) is 0 Å². The van der Waals surface area contributed by atoms with Gasteiger partial charge in [-0.3, -0.25) is 4.68 Å². The van der Waals surface area contributed by atoms with Gasteiger partial charge < -0.3 is 10.1 Å². The molecule has 2 rings (SSSR count). The van der Waals surface area contributed by atoms with Crippen LogP contribution in [0.15, 0.2) is 6.20 Å². The molecule has 1 fully saturated rings. The van der Waals surface area contributed by atoms with Crippen LogP contribution < -0.4 is 5.32 Å². The second-order valence-corrected chi connectivity index (χ2v) is 5.47. The van der Waals surface area contributed by atoms with Gasteiger partial charge >= 0.3 is 0 Å². The minimum atomic E-state index is 0.295. The first-order valence-electron chi connectivity index (χ1n) is 6.70. The Morgan fingerprint density at radius 1 is 1.39 bits per heavy atom. The molecule has 1 aliphatic heterocycles. The zero-order valence-electron chi connectivity index (χ0n) is 11.9. The highest BCUT2D eigenvalue weighted by atomic mass is 16.5. The van der Waals surface area contributed by atoms with Crippen molar-refractivity contribution < 1.29 is 4.74 Å². The molecule has 1 aromatic rings. The van der Waals surface area contributed by atoms with E-state index in [0.29, 0.717) is 30.1 Å². The summed E-state index contributed by atoms with van der Waals surface area (Å²) in [6.45, 7) is 6.61. The van der Waals surface area contributed by atoms with E-state index in [1.54, 1.807) is 4.68 Å². The third-order valence-corrected chi connectivity index (χ3v) is 4.23. The molecular formula is C13H24N4O. The molecular weight excluding hydrogens is 228 g/mol. The van der Waals surface area contributed by atoms with Crippen LogP contribution in [0.5, 0.6) is 0 Å². The fraction of sp³-hybridized carbons (Fsp3) is 0.846. The van der Waals surface area contributed by atoms with Crippen LogP contribution >= 0.6 is 0 Å². The van der Waals surface area contributed by atoms with Crippen molar-refractivity contribution in [2.45, 2.75) is 45.4 Å². The zero-order valence-corrected chi connectivity index (χ0v) is 11.9. The quantitative estimate of drug-likeness (QED) is 0.869. The van der Waals surface area contributed by atoms with Crippen molar-refractivity contribution >= 4 is 0 Å². The van der Waals surface area contributed by atoms with Crippen LogP contribution in [0.1, 0.15) is 26.5 Å². The van der Waals surface area contributed by atoms with Crippen LogP contribution in [0.2, 0.25) is 0 Å². The summed E-state index contributed by atoms with van der Waals surface area (Å²) in [5.74, 6) is 1.08. The summed E-state index contributed by atoms with van der Waals surface area (Å²) in [7, 11) is 3.92. The first-order valence-corrected chi connectivity index (χ1v) is 6.70. The van der Waals surface area contributed by atoms with Crippen LogP contribution in [0.4, 0.5) is 0 Å². The maximum absolute atomic E-state index is 5.93. The Kier molecular flexibility index (Phi) is 4.02. The first-order chi connectivity index (χ1) is 8.52. The van der Waals surface area contributed by atoms with Crippen molar-refractivity contribution in [3.8, 4) is 0 Å². The maximum Gasteiger partial charge on any atom is 0.0842 e. The van der Waals surface area contributed by atoms with E-state index in [0.717, 1.165) is 12.1 Å². The Labute approximate surface area is 109 Å². The van der Waals surface area contributed by atoms with Gasteiger partial charge in [0.2, 0.25) is 0 Å². The number of hydrogen-bond donors (Lipinski definition) is 1. The number of aryl methyl sites for hydroxylation is 1. The van der Waals surface area contributed by atoms with Gasteiger partial charge in [-0.25, -0.2) is 0 Å². The number of ether oxygens (including phenoxy) is 1. The molecule has 1 aliphatic rings. The Morgan fingerprint density at radius 2 is 2.11 bits per heavy atom. The van der Waals surface area contributed by atoms with E-state index in [2.05, 4.69) is 36.4 Å². The largest absolute Gasteiger partial charge is 0.375 e. The molecule has 0 bridgehead atoms. The smallest absolute Gasteiger partial charge is 0.0842 e. The van der Waals surface area contributed by atoms with Gasteiger partial charge in [0, 0.05) is 31.6 Å². The topological polar surface area (TPSA) is 52.0 Å². The van der Waals surface area contributed by atoms with Crippen LogP contribution in [-0.4, -0.2) is 40.3 Å². The molecule has 1 saturated heterocycles. The fourth-order valence-electron chi connectivity index (χ4n) is 3.13. The Balaban J connectivity index is 2.08.